The fourth-order valence-corrected chi connectivity index (χ4v) is 1.46. The van der Waals surface area contributed by atoms with Gasteiger partial charge in [-0.3, -0.25) is 0 Å². The molecule has 0 spiro atoms. The van der Waals surface area contributed by atoms with Crippen molar-refractivity contribution in [3.05, 3.63) is 34.3 Å². The molecule has 0 aliphatic heterocycles. The maximum Gasteiger partial charge on any atom is 0.330 e. The number of carbonyl (C=O) groups excluding carboxylic acids is 1. The van der Waals surface area contributed by atoms with Gasteiger partial charge in [0, 0.05) is 4.47 Å². The molecule has 2 N–H and O–H groups in total. The molecular weight excluding hydrogens is 293 g/mol. The third-order valence-corrected chi connectivity index (χ3v) is 2.67. The Morgan fingerprint density at radius 2 is 1.94 bits per heavy atom. The Bertz CT molecular complexity index is 352. The fourth-order valence-electron chi connectivity index (χ4n) is 1.19. The first-order valence-corrected chi connectivity index (χ1v) is 5.50. The molecule has 1 rings (SSSR count). The summed E-state index contributed by atoms with van der Waals surface area (Å²) in [6, 6.07) is 7.31. The highest BCUT2D eigenvalue weighted by Crippen LogP contribution is 2.21. The van der Waals surface area contributed by atoms with Gasteiger partial charge in [0.25, 0.3) is 0 Å². The lowest BCUT2D eigenvalue weighted by Gasteiger charge is -2.22. The second-order valence-corrected chi connectivity index (χ2v) is 4.35. The van der Waals surface area contributed by atoms with Gasteiger partial charge in [-0.2, -0.15) is 0 Å². The number of esters is 1. The van der Waals surface area contributed by atoms with Gasteiger partial charge in [-0.1, -0.05) is 28.1 Å². The summed E-state index contributed by atoms with van der Waals surface area (Å²) in [6.45, 7) is 3.74. The Balaban J connectivity index is 0.00000225. The van der Waals surface area contributed by atoms with Crippen LogP contribution in [0.1, 0.15) is 19.4 Å². The zero-order chi connectivity index (χ0) is 11.5. The van der Waals surface area contributed by atoms with E-state index in [4.69, 9.17) is 10.5 Å². The zero-order valence-electron chi connectivity index (χ0n) is 9.20. The minimum atomic E-state index is -1.09. The smallest absolute Gasteiger partial charge is 0.330 e. The first-order chi connectivity index (χ1) is 6.98. The number of benzene rings is 1. The van der Waals surface area contributed by atoms with Crippen LogP contribution in [0.2, 0.25) is 0 Å². The van der Waals surface area contributed by atoms with Crippen molar-refractivity contribution in [2.75, 3.05) is 6.61 Å². The minimum Gasteiger partial charge on any atom is -0.464 e. The van der Waals surface area contributed by atoms with E-state index in [1.54, 1.807) is 26.0 Å². The zero-order valence-corrected chi connectivity index (χ0v) is 11.6. The average Bonchev–Trinajstić information content (AvgIpc) is 2.18. The van der Waals surface area contributed by atoms with Crippen LogP contribution >= 0.6 is 28.3 Å². The molecule has 0 saturated heterocycles. The Hall–Kier alpha value is -0.580. The van der Waals surface area contributed by atoms with E-state index in [2.05, 4.69) is 15.9 Å². The second kappa shape index (κ2) is 6.23. The number of ether oxygens (including phenoxy) is 1. The summed E-state index contributed by atoms with van der Waals surface area (Å²) in [6.07, 6.45) is 0. The van der Waals surface area contributed by atoms with Crippen molar-refractivity contribution in [1.29, 1.82) is 0 Å². The molecule has 0 heterocycles. The summed E-state index contributed by atoms with van der Waals surface area (Å²) >= 11 is 3.32. The summed E-state index contributed by atoms with van der Waals surface area (Å²) in [7, 11) is 0. The van der Waals surface area contributed by atoms with Gasteiger partial charge in [-0.25, -0.2) is 4.79 Å². The van der Waals surface area contributed by atoms with E-state index in [9.17, 15) is 4.79 Å². The molecule has 0 saturated carbocycles. The molecule has 0 amide bonds. The molecule has 5 heteroatoms. The first-order valence-electron chi connectivity index (χ1n) is 4.70. The molecule has 0 aliphatic carbocycles. The van der Waals surface area contributed by atoms with Crippen molar-refractivity contribution in [2.45, 2.75) is 19.4 Å². The minimum absolute atomic E-state index is 0. The maximum atomic E-state index is 11.6. The molecule has 1 unspecified atom stereocenters. The fraction of sp³-hybridized carbons (Fsp3) is 0.364. The Morgan fingerprint density at radius 3 is 2.38 bits per heavy atom. The quantitative estimate of drug-likeness (QED) is 0.873. The second-order valence-electron chi connectivity index (χ2n) is 3.43. The Kier molecular flexibility index (Phi) is 6.00. The monoisotopic (exact) mass is 307 g/mol. The van der Waals surface area contributed by atoms with Gasteiger partial charge in [-0.05, 0) is 31.5 Å². The number of nitrogens with two attached hydrogens (primary N) is 1. The lowest BCUT2D eigenvalue weighted by atomic mass is 9.93. The highest BCUT2D eigenvalue weighted by Gasteiger charge is 2.31. The van der Waals surface area contributed by atoms with Gasteiger partial charge >= 0.3 is 5.97 Å². The van der Waals surface area contributed by atoms with Gasteiger partial charge in [-0.15, -0.1) is 12.4 Å². The van der Waals surface area contributed by atoms with E-state index in [0.717, 1.165) is 10.0 Å². The topological polar surface area (TPSA) is 52.3 Å². The van der Waals surface area contributed by atoms with Crippen LogP contribution < -0.4 is 5.73 Å². The number of rotatable bonds is 3. The van der Waals surface area contributed by atoms with Crippen LogP contribution in [0.3, 0.4) is 0 Å². The SMILES string of the molecule is CCOC(=O)C(C)(N)c1ccc(Br)cc1.Cl. The highest BCUT2D eigenvalue weighted by atomic mass is 79.9. The lowest BCUT2D eigenvalue weighted by molar-refractivity contribution is -0.149. The van der Waals surface area contributed by atoms with Crippen molar-refractivity contribution in [3.63, 3.8) is 0 Å². The van der Waals surface area contributed by atoms with E-state index >= 15 is 0 Å². The van der Waals surface area contributed by atoms with Crippen LogP contribution in [0.4, 0.5) is 0 Å². The number of hydrogen-bond donors (Lipinski definition) is 1. The van der Waals surface area contributed by atoms with E-state index in [0.29, 0.717) is 6.61 Å². The summed E-state index contributed by atoms with van der Waals surface area (Å²) in [4.78, 5) is 11.6. The highest BCUT2D eigenvalue weighted by molar-refractivity contribution is 9.10. The molecule has 0 radical (unpaired) electrons. The van der Waals surface area contributed by atoms with Crippen molar-refractivity contribution in [2.24, 2.45) is 5.73 Å². The summed E-state index contributed by atoms with van der Waals surface area (Å²) in [5, 5.41) is 0. The van der Waals surface area contributed by atoms with Crippen LogP contribution in [0.25, 0.3) is 0 Å². The summed E-state index contributed by atoms with van der Waals surface area (Å²) < 4.78 is 5.87. The largest absolute Gasteiger partial charge is 0.464 e. The summed E-state index contributed by atoms with van der Waals surface area (Å²) in [5.41, 5.74) is 5.58. The predicted molar refractivity (Wildman–Crippen MR) is 69.6 cm³/mol. The molecule has 16 heavy (non-hydrogen) atoms. The molecule has 0 bridgehead atoms. The van der Waals surface area contributed by atoms with Crippen LogP contribution in [-0.2, 0) is 15.1 Å². The van der Waals surface area contributed by atoms with Gasteiger partial charge in [0.2, 0.25) is 0 Å². The van der Waals surface area contributed by atoms with Gasteiger partial charge in [0.15, 0.2) is 0 Å². The standard InChI is InChI=1S/C11H14BrNO2.ClH/c1-3-15-10(14)11(2,13)8-4-6-9(12)7-5-8;/h4-7H,3,13H2,1-2H3;1H. The van der Waals surface area contributed by atoms with Crippen LogP contribution in [0, 0.1) is 0 Å². The van der Waals surface area contributed by atoms with Crippen LogP contribution in [0.15, 0.2) is 28.7 Å². The maximum absolute atomic E-state index is 11.6. The molecule has 1 aromatic rings. The molecule has 3 nitrogen and oxygen atoms in total. The van der Waals surface area contributed by atoms with Gasteiger partial charge < -0.3 is 10.5 Å². The third-order valence-electron chi connectivity index (χ3n) is 2.14. The van der Waals surface area contributed by atoms with Crippen molar-refractivity contribution in [1.82, 2.24) is 0 Å². The molecule has 90 valence electrons. The third kappa shape index (κ3) is 3.47. The molecule has 1 atom stereocenters. The van der Waals surface area contributed by atoms with Crippen LogP contribution in [-0.4, -0.2) is 12.6 Å². The van der Waals surface area contributed by atoms with Crippen molar-refractivity contribution in [3.8, 4) is 0 Å². The first kappa shape index (κ1) is 15.4. The molecule has 0 aliphatic rings. The number of halogens is 2. The normalized spacial score (nSPS) is 13.5. The molecule has 1 aromatic carbocycles. The Morgan fingerprint density at radius 1 is 1.44 bits per heavy atom. The van der Waals surface area contributed by atoms with E-state index in [1.165, 1.54) is 0 Å². The molecular formula is C11H15BrClNO2. The number of carbonyl (C=O) groups is 1. The van der Waals surface area contributed by atoms with Crippen molar-refractivity contribution < 1.29 is 9.53 Å². The molecule has 0 fully saturated rings. The van der Waals surface area contributed by atoms with Crippen molar-refractivity contribution >= 4 is 34.3 Å². The van der Waals surface area contributed by atoms with E-state index in [-0.39, 0.29) is 12.4 Å². The van der Waals surface area contributed by atoms with Crippen LogP contribution in [0.5, 0.6) is 0 Å². The lowest BCUT2D eigenvalue weighted by Crippen LogP contribution is -2.43. The average molecular weight is 309 g/mol. The van der Waals surface area contributed by atoms with E-state index < -0.39 is 11.5 Å². The van der Waals surface area contributed by atoms with Gasteiger partial charge in [0.1, 0.15) is 5.54 Å². The Labute approximate surface area is 110 Å². The van der Waals surface area contributed by atoms with Gasteiger partial charge in [0.05, 0.1) is 6.61 Å². The molecule has 0 aromatic heterocycles. The van der Waals surface area contributed by atoms with E-state index in [1.807, 2.05) is 12.1 Å². The number of hydrogen-bond acceptors (Lipinski definition) is 3. The predicted octanol–water partition coefficient (Wildman–Crippen LogP) is 2.61. The summed E-state index contributed by atoms with van der Waals surface area (Å²) in [5.74, 6) is -0.410.